The van der Waals surface area contributed by atoms with Gasteiger partial charge in [0.05, 0.1) is 12.6 Å². The van der Waals surface area contributed by atoms with Crippen molar-refractivity contribution in [3.05, 3.63) is 35.4 Å². The number of carbonyl (C=O) groups excluding carboxylic acids is 1. The van der Waals surface area contributed by atoms with Crippen LogP contribution in [0.1, 0.15) is 62.2 Å². The summed E-state index contributed by atoms with van der Waals surface area (Å²) in [5, 5.41) is 9.67. The third-order valence-corrected chi connectivity index (χ3v) is 5.99. The second-order valence-electron chi connectivity index (χ2n) is 8.31. The molecular formula is C23H36N4O2. The van der Waals surface area contributed by atoms with E-state index in [4.69, 9.17) is 4.74 Å². The number of amides is 1. The third-order valence-electron chi connectivity index (χ3n) is 5.99. The van der Waals surface area contributed by atoms with Gasteiger partial charge in [0.15, 0.2) is 5.96 Å². The molecule has 2 atom stereocenters. The van der Waals surface area contributed by atoms with Crippen LogP contribution < -0.4 is 16.0 Å². The van der Waals surface area contributed by atoms with E-state index in [9.17, 15) is 4.79 Å². The molecule has 1 heterocycles. The SMILES string of the molecule is CN=C(NCC(=O)NC1CCCCC1)NCC1CCCOC1c1ccc(C)cc1. The molecule has 1 saturated carbocycles. The maximum atomic E-state index is 12.2. The average molecular weight is 401 g/mol. The molecule has 1 amide bonds. The summed E-state index contributed by atoms with van der Waals surface area (Å²) in [5.74, 6) is 1.08. The fourth-order valence-electron chi connectivity index (χ4n) is 4.31. The zero-order chi connectivity index (χ0) is 20.5. The molecule has 2 unspecified atom stereocenters. The van der Waals surface area contributed by atoms with Gasteiger partial charge < -0.3 is 20.7 Å². The molecule has 0 spiro atoms. The molecule has 1 saturated heterocycles. The summed E-state index contributed by atoms with van der Waals surface area (Å²) in [7, 11) is 1.74. The maximum absolute atomic E-state index is 12.2. The Morgan fingerprint density at radius 3 is 2.55 bits per heavy atom. The molecule has 1 aliphatic carbocycles. The first-order chi connectivity index (χ1) is 14.2. The Labute approximate surface area is 174 Å². The van der Waals surface area contributed by atoms with Gasteiger partial charge >= 0.3 is 0 Å². The fraction of sp³-hybridized carbons (Fsp3) is 0.652. The Bertz CT molecular complexity index is 668. The first-order valence-electron chi connectivity index (χ1n) is 11.1. The van der Waals surface area contributed by atoms with Crippen molar-refractivity contribution in [3.8, 4) is 0 Å². The molecule has 0 bridgehead atoms. The lowest BCUT2D eigenvalue weighted by Crippen LogP contribution is -2.47. The molecule has 6 heteroatoms. The monoisotopic (exact) mass is 400 g/mol. The van der Waals surface area contributed by atoms with Gasteiger partial charge in [-0.25, -0.2) is 0 Å². The molecule has 1 aromatic rings. The van der Waals surface area contributed by atoms with Gasteiger partial charge in [-0.2, -0.15) is 0 Å². The molecule has 160 valence electrons. The van der Waals surface area contributed by atoms with Gasteiger partial charge in [0.1, 0.15) is 0 Å². The summed E-state index contributed by atoms with van der Waals surface area (Å²) in [4.78, 5) is 16.5. The summed E-state index contributed by atoms with van der Waals surface area (Å²) in [5.41, 5.74) is 2.49. The van der Waals surface area contributed by atoms with Crippen molar-refractivity contribution in [1.29, 1.82) is 0 Å². The van der Waals surface area contributed by atoms with E-state index in [0.29, 0.717) is 17.9 Å². The van der Waals surface area contributed by atoms with E-state index in [1.807, 2.05) is 0 Å². The number of guanidine groups is 1. The van der Waals surface area contributed by atoms with E-state index >= 15 is 0 Å². The molecule has 2 aliphatic rings. The largest absolute Gasteiger partial charge is 0.373 e. The van der Waals surface area contributed by atoms with E-state index < -0.39 is 0 Å². The molecule has 1 aromatic carbocycles. The summed E-state index contributed by atoms with van der Waals surface area (Å²) >= 11 is 0. The number of rotatable bonds is 6. The zero-order valence-electron chi connectivity index (χ0n) is 17.9. The van der Waals surface area contributed by atoms with Crippen molar-refractivity contribution in [2.75, 3.05) is 26.7 Å². The van der Waals surface area contributed by atoms with Crippen molar-refractivity contribution < 1.29 is 9.53 Å². The van der Waals surface area contributed by atoms with Crippen LogP contribution in [0.5, 0.6) is 0 Å². The summed E-state index contributed by atoms with van der Waals surface area (Å²) in [6.07, 6.45) is 8.21. The Morgan fingerprint density at radius 1 is 1.07 bits per heavy atom. The molecule has 6 nitrogen and oxygen atoms in total. The second-order valence-corrected chi connectivity index (χ2v) is 8.31. The van der Waals surface area contributed by atoms with Crippen molar-refractivity contribution in [1.82, 2.24) is 16.0 Å². The van der Waals surface area contributed by atoms with Gasteiger partial charge in [0.2, 0.25) is 5.91 Å². The number of aliphatic imine (C=N–C) groups is 1. The van der Waals surface area contributed by atoms with Crippen LogP contribution in [-0.2, 0) is 9.53 Å². The van der Waals surface area contributed by atoms with Gasteiger partial charge in [-0.15, -0.1) is 0 Å². The highest BCUT2D eigenvalue weighted by Gasteiger charge is 2.27. The van der Waals surface area contributed by atoms with Gasteiger partial charge in [-0.3, -0.25) is 9.79 Å². The number of nitrogens with zero attached hydrogens (tertiary/aromatic N) is 1. The number of nitrogens with one attached hydrogen (secondary N) is 3. The highest BCUT2D eigenvalue weighted by molar-refractivity contribution is 5.86. The van der Waals surface area contributed by atoms with Crippen molar-refractivity contribution in [2.45, 2.75) is 64.0 Å². The summed E-state index contributed by atoms with van der Waals surface area (Å²) in [6, 6.07) is 8.96. The lowest BCUT2D eigenvalue weighted by Gasteiger charge is -2.32. The van der Waals surface area contributed by atoms with Gasteiger partial charge in [-0.05, 0) is 38.2 Å². The van der Waals surface area contributed by atoms with Crippen LogP contribution in [-0.4, -0.2) is 44.7 Å². The predicted molar refractivity (Wildman–Crippen MR) is 117 cm³/mol. The number of aryl methyl sites for hydroxylation is 1. The van der Waals surface area contributed by atoms with E-state index in [1.54, 1.807) is 7.05 Å². The Kier molecular flexibility index (Phi) is 8.35. The number of hydrogen-bond acceptors (Lipinski definition) is 3. The second kappa shape index (κ2) is 11.2. The Hall–Kier alpha value is -2.08. The molecule has 0 radical (unpaired) electrons. The molecule has 0 aromatic heterocycles. The lowest BCUT2D eigenvalue weighted by atomic mass is 9.89. The highest BCUT2D eigenvalue weighted by atomic mass is 16.5. The first kappa shape index (κ1) is 21.6. The average Bonchev–Trinajstić information content (AvgIpc) is 2.75. The van der Waals surface area contributed by atoms with Gasteiger partial charge in [0, 0.05) is 32.2 Å². The predicted octanol–water partition coefficient (Wildman–Crippen LogP) is 3.08. The number of hydrogen-bond donors (Lipinski definition) is 3. The normalized spacial score (nSPS) is 23.4. The summed E-state index contributed by atoms with van der Waals surface area (Å²) < 4.78 is 6.10. The van der Waals surface area contributed by atoms with Gasteiger partial charge in [0.25, 0.3) is 0 Å². The van der Waals surface area contributed by atoms with Crippen LogP contribution >= 0.6 is 0 Å². The highest BCUT2D eigenvalue weighted by Crippen LogP contribution is 2.33. The van der Waals surface area contributed by atoms with E-state index in [0.717, 1.165) is 38.8 Å². The minimum atomic E-state index is 0.0402. The quantitative estimate of drug-likeness (QED) is 0.507. The fourth-order valence-corrected chi connectivity index (χ4v) is 4.31. The number of benzene rings is 1. The van der Waals surface area contributed by atoms with Crippen LogP contribution in [0.15, 0.2) is 29.3 Å². The molecule has 3 rings (SSSR count). The number of carbonyl (C=O) groups is 1. The summed E-state index contributed by atoms with van der Waals surface area (Å²) in [6.45, 7) is 3.93. The minimum Gasteiger partial charge on any atom is -0.373 e. The maximum Gasteiger partial charge on any atom is 0.239 e. The minimum absolute atomic E-state index is 0.0402. The molecule has 2 fully saturated rings. The van der Waals surface area contributed by atoms with Crippen molar-refractivity contribution in [3.63, 3.8) is 0 Å². The third kappa shape index (κ3) is 6.74. The lowest BCUT2D eigenvalue weighted by molar-refractivity contribution is -0.120. The number of ether oxygens (including phenoxy) is 1. The van der Waals surface area contributed by atoms with Gasteiger partial charge in [-0.1, -0.05) is 49.1 Å². The van der Waals surface area contributed by atoms with Crippen LogP contribution in [0.25, 0.3) is 0 Å². The zero-order valence-corrected chi connectivity index (χ0v) is 17.9. The topological polar surface area (TPSA) is 74.8 Å². The van der Waals surface area contributed by atoms with E-state index in [2.05, 4.69) is 52.1 Å². The first-order valence-corrected chi connectivity index (χ1v) is 11.1. The van der Waals surface area contributed by atoms with Crippen molar-refractivity contribution in [2.24, 2.45) is 10.9 Å². The van der Waals surface area contributed by atoms with Crippen LogP contribution in [0.3, 0.4) is 0 Å². The van der Waals surface area contributed by atoms with Crippen LogP contribution in [0.4, 0.5) is 0 Å². The molecular weight excluding hydrogens is 364 g/mol. The van der Waals surface area contributed by atoms with E-state index in [1.165, 1.54) is 30.4 Å². The van der Waals surface area contributed by atoms with Crippen LogP contribution in [0, 0.1) is 12.8 Å². The smallest absolute Gasteiger partial charge is 0.239 e. The van der Waals surface area contributed by atoms with E-state index in [-0.39, 0.29) is 18.6 Å². The Balaban J connectivity index is 1.45. The molecule has 29 heavy (non-hydrogen) atoms. The molecule has 1 aliphatic heterocycles. The standard InChI is InChI=1S/C23H36N4O2/c1-17-10-12-18(13-11-17)22-19(7-6-14-29-22)15-25-23(24-2)26-16-21(28)27-20-8-4-3-5-9-20/h10-13,19-20,22H,3-9,14-16H2,1-2H3,(H,27,28)(H2,24,25,26). The van der Waals surface area contributed by atoms with Crippen LogP contribution in [0.2, 0.25) is 0 Å². The van der Waals surface area contributed by atoms with Crippen molar-refractivity contribution >= 4 is 11.9 Å². The molecule has 3 N–H and O–H groups in total. The Morgan fingerprint density at radius 2 is 1.83 bits per heavy atom.